The highest BCUT2D eigenvalue weighted by Crippen LogP contribution is 2.12. The Morgan fingerprint density at radius 1 is 1.75 bits per heavy atom. The zero-order valence-corrected chi connectivity index (χ0v) is 5.79. The molecule has 0 rings (SSSR count). The largest absolute Gasteiger partial charge is 0.246 e. The summed E-state index contributed by atoms with van der Waals surface area (Å²) in [7, 11) is 0. The normalized spacial score (nSPS) is 18.0. The molecule has 0 heterocycles. The summed E-state index contributed by atoms with van der Waals surface area (Å²) < 4.78 is 12.4. The average molecular weight is 138 g/mol. The highest BCUT2D eigenvalue weighted by Gasteiger charge is 2.12. The summed E-state index contributed by atoms with van der Waals surface area (Å²) in [6.45, 7) is 5.26. The van der Waals surface area contributed by atoms with Crippen LogP contribution >= 0.6 is 11.6 Å². The van der Waals surface area contributed by atoms with Crippen molar-refractivity contribution >= 4 is 11.6 Å². The molecule has 0 amide bonds. The first-order valence-corrected chi connectivity index (χ1v) is 3.23. The SMILES string of the molecule is [CH2]CC(Cl)C(F)CC. The molecule has 0 aliphatic heterocycles. The van der Waals surface area contributed by atoms with Crippen molar-refractivity contribution in [1.29, 1.82) is 0 Å². The van der Waals surface area contributed by atoms with Gasteiger partial charge in [-0.05, 0) is 12.8 Å². The Balaban J connectivity index is 3.29. The van der Waals surface area contributed by atoms with Gasteiger partial charge in [0.1, 0.15) is 6.17 Å². The average Bonchev–Trinajstić information content (AvgIpc) is 1.84. The molecule has 1 radical (unpaired) electrons. The van der Waals surface area contributed by atoms with Gasteiger partial charge in [-0.2, -0.15) is 0 Å². The van der Waals surface area contributed by atoms with Crippen LogP contribution in [0.3, 0.4) is 0 Å². The van der Waals surface area contributed by atoms with Crippen LogP contribution in [-0.4, -0.2) is 11.5 Å². The molecule has 0 saturated heterocycles. The van der Waals surface area contributed by atoms with Gasteiger partial charge < -0.3 is 0 Å². The van der Waals surface area contributed by atoms with Crippen molar-refractivity contribution in [2.24, 2.45) is 0 Å². The Morgan fingerprint density at radius 2 is 2.25 bits per heavy atom. The van der Waals surface area contributed by atoms with Gasteiger partial charge in [0.15, 0.2) is 0 Å². The van der Waals surface area contributed by atoms with E-state index in [1.165, 1.54) is 0 Å². The number of alkyl halides is 2. The molecule has 0 bridgehead atoms. The van der Waals surface area contributed by atoms with Crippen LogP contribution in [0.15, 0.2) is 0 Å². The van der Waals surface area contributed by atoms with E-state index in [-0.39, 0.29) is 5.38 Å². The molecule has 0 aromatic heterocycles. The van der Waals surface area contributed by atoms with E-state index in [0.29, 0.717) is 12.8 Å². The lowest BCUT2D eigenvalue weighted by Crippen LogP contribution is -2.13. The fraction of sp³-hybridized carbons (Fsp3) is 0.833. The minimum atomic E-state index is -0.880. The highest BCUT2D eigenvalue weighted by molar-refractivity contribution is 6.21. The number of hydrogen-bond acceptors (Lipinski definition) is 0. The molecule has 0 fully saturated rings. The van der Waals surface area contributed by atoms with Gasteiger partial charge >= 0.3 is 0 Å². The molecule has 2 heteroatoms. The van der Waals surface area contributed by atoms with Gasteiger partial charge in [-0.15, -0.1) is 11.6 Å². The van der Waals surface area contributed by atoms with E-state index in [1.807, 2.05) is 0 Å². The van der Waals surface area contributed by atoms with Crippen molar-refractivity contribution in [3.8, 4) is 0 Å². The van der Waals surface area contributed by atoms with Crippen LogP contribution in [0.2, 0.25) is 0 Å². The summed E-state index contributed by atoms with van der Waals surface area (Å²) >= 11 is 5.48. The second-order valence-corrected chi connectivity index (χ2v) is 2.29. The van der Waals surface area contributed by atoms with Crippen molar-refractivity contribution in [1.82, 2.24) is 0 Å². The van der Waals surface area contributed by atoms with Gasteiger partial charge in [-0.1, -0.05) is 13.8 Å². The van der Waals surface area contributed by atoms with Gasteiger partial charge in [-0.3, -0.25) is 0 Å². The standard InChI is InChI=1S/C6H11ClF/c1-3-5(7)6(8)4-2/h5-6H,1,3-4H2,2H3. The zero-order valence-electron chi connectivity index (χ0n) is 5.03. The Bertz CT molecular complexity index is 48.5. The number of halogens is 2. The molecule has 0 N–H and O–H groups in total. The van der Waals surface area contributed by atoms with Crippen molar-refractivity contribution < 1.29 is 4.39 Å². The molecule has 0 aromatic rings. The van der Waals surface area contributed by atoms with Crippen molar-refractivity contribution in [2.75, 3.05) is 0 Å². The summed E-state index contributed by atoms with van der Waals surface area (Å²) in [5.41, 5.74) is 0. The van der Waals surface area contributed by atoms with E-state index in [4.69, 9.17) is 11.6 Å². The van der Waals surface area contributed by atoms with Gasteiger partial charge in [0.2, 0.25) is 0 Å². The zero-order chi connectivity index (χ0) is 6.57. The van der Waals surface area contributed by atoms with Gasteiger partial charge in [0.25, 0.3) is 0 Å². The molecule has 0 aliphatic rings. The smallest absolute Gasteiger partial charge is 0.116 e. The van der Waals surface area contributed by atoms with Crippen molar-refractivity contribution in [3.05, 3.63) is 6.92 Å². The topological polar surface area (TPSA) is 0 Å². The van der Waals surface area contributed by atoms with Crippen LogP contribution in [0.25, 0.3) is 0 Å². The van der Waals surface area contributed by atoms with E-state index >= 15 is 0 Å². The van der Waals surface area contributed by atoms with E-state index in [2.05, 4.69) is 6.92 Å². The van der Waals surface area contributed by atoms with Gasteiger partial charge in [0.05, 0.1) is 5.38 Å². The maximum absolute atomic E-state index is 12.4. The van der Waals surface area contributed by atoms with Crippen LogP contribution in [0.5, 0.6) is 0 Å². The predicted octanol–water partition coefficient (Wildman–Crippen LogP) is 2.57. The maximum atomic E-state index is 12.4. The second kappa shape index (κ2) is 4.13. The van der Waals surface area contributed by atoms with Crippen LogP contribution in [0.4, 0.5) is 4.39 Å². The molecular weight excluding hydrogens is 127 g/mol. The van der Waals surface area contributed by atoms with E-state index < -0.39 is 6.17 Å². The third-order valence-corrected chi connectivity index (χ3v) is 1.55. The van der Waals surface area contributed by atoms with Gasteiger partial charge in [-0.25, -0.2) is 4.39 Å². The summed E-state index contributed by atoms with van der Waals surface area (Å²) in [4.78, 5) is 0. The minimum absolute atomic E-state index is 0.389. The summed E-state index contributed by atoms with van der Waals surface area (Å²) in [5.74, 6) is 0. The summed E-state index contributed by atoms with van der Waals surface area (Å²) in [5, 5.41) is -0.389. The molecule has 0 nitrogen and oxygen atoms in total. The van der Waals surface area contributed by atoms with Crippen molar-refractivity contribution in [3.63, 3.8) is 0 Å². The molecule has 0 saturated carbocycles. The number of rotatable bonds is 3. The predicted molar refractivity (Wildman–Crippen MR) is 34.8 cm³/mol. The molecule has 0 aliphatic carbocycles. The van der Waals surface area contributed by atoms with Crippen LogP contribution < -0.4 is 0 Å². The Hall–Kier alpha value is 0.220. The highest BCUT2D eigenvalue weighted by atomic mass is 35.5. The third kappa shape index (κ3) is 2.51. The van der Waals surface area contributed by atoms with Crippen LogP contribution in [-0.2, 0) is 0 Å². The van der Waals surface area contributed by atoms with Crippen LogP contribution in [0, 0.1) is 6.92 Å². The Morgan fingerprint density at radius 3 is 2.38 bits per heavy atom. The first-order valence-electron chi connectivity index (χ1n) is 2.79. The molecule has 49 valence electrons. The third-order valence-electron chi connectivity index (χ3n) is 1.06. The second-order valence-electron chi connectivity index (χ2n) is 1.73. The molecular formula is C6H11ClF. The first-order chi connectivity index (χ1) is 3.72. The molecule has 2 unspecified atom stereocenters. The van der Waals surface area contributed by atoms with E-state index in [0.717, 1.165) is 0 Å². The lowest BCUT2D eigenvalue weighted by molar-refractivity contribution is 0.312. The van der Waals surface area contributed by atoms with Gasteiger partial charge in [0, 0.05) is 0 Å². The molecule has 2 atom stereocenters. The van der Waals surface area contributed by atoms with E-state index in [9.17, 15) is 4.39 Å². The fourth-order valence-electron chi connectivity index (χ4n) is 0.437. The molecule has 0 spiro atoms. The van der Waals surface area contributed by atoms with Crippen molar-refractivity contribution in [2.45, 2.75) is 31.3 Å². The van der Waals surface area contributed by atoms with Crippen LogP contribution in [0.1, 0.15) is 19.8 Å². The minimum Gasteiger partial charge on any atom is -0.246 e. The Kier molecular flexibility index (Phi) is 4.25. The summed E-state index contributed by atoms with van der Waals surface area (Å²) in [6, 6.07) is 0. The van der Waals surface area contributed by atoms with E-state index in [1.54, 1.807) is 6.92 Å². The lowest BCUT2D eigenvalue weighted by atomic mass is 10.2. The monoisotopic (exact) mass is 137 g/mol. The summed E-state index contributed by atoms with van der Waals surface area (Å²) in [6.07, 6.45) is 0.0782. The fourth-order valence-corrected chi connectivity index (χ4v) is 0.615. The molecule has 8 heavy (non-hydrogen) atoms. The number of hydrogen-bond donors (Lipinski definition) is 0. The maximum Gasteiger partial charge on any atom is 0.116 e. The molecule has 0 aromatic carbocycles. The Labute approximate surface area is 55.0 Å². The quantitative estimate of drug-likeness (QED) is 0.525. The lowest BCUT2D eigenvalue weighted by Gasteiger charge is -2.08. The first kappa shape index (κ1) is 8.22.